The number of halogens is 1. The van der Waals surface area contributed by atoms with Gasteiger partial charge in [-0.2, -0.15) is 0 Å². The van der Waals surface area contributed by atoms with Crippen LogP contribution in [0.3, 0.4) is 0 Å². The van der Waals surface area contributed by atoms with E-state index in [0.29, 0.717) is 16.7 Å². The van der Waals surface area contributed by atoms with Gasteiger partial charge in [0.05, 0.1) is 10.9 Å². The molecule has 0 saturated heterocycles. The van der Waals surface area contributed by atoms with E-state index in [1.165, 1.54) is 24.8 Å². The Balaban J connectivity index is 1.96. The van der Waals surface area contributed by atoms with Crippen LogP contribution in [0.2, 0.25) is 0 Å². The molecule has 2 aromatic rings. The number of hydrogen-bond donors (Lipinski definition) is 1. The van der Waals surface area contributed by atoms with Gasteiger partial charge in [0.2, 0.25) is 0 Å². The number of rotatable bonds is 3. The molecule has 1 aromatic heterocycles. The van der Waals surface area contributed by atoms with Crippen LogP contribution in [0, 0.1) is 4.77 Å². The zero-order valence-electron chi connectivity index (χ0n) is 11.7. The van der Waals surface area contributed by atoms with E-state index in [0.717, 1.165) is 22.8 Å². The van der Waals surface area contributed by atoms with Crippen molar-refractivity contribution in [3.05, 3.63) is 49.4 Å². The molecule has 3 nitrogen and oxygen atoms in total. The van der Waals surface area contributed by atoms with Gasteiger partial charge in [-0.05, 0) is 62.5 Å². The summed E-state index contributed by atoms with van der Waals surface area (Å²) in [7, 11) is 0. The molecule has 0 spiro atoms. The molecule has 0 unspecified atom stereocenters. The number of allylic oxidation sites excluding steroid dienone is 2. The maximum atomic E-state index is 12.6. The van der Waals surface area contributed by atoms with E-state index < -0.39 is 0 Å². The lowest BCUT2D eigenvalue weighted by Crippen LogP contribution is -2.22. The molecule has 0 amide bonds. The number of aromatic nitrogens is 2. The molecule has 1 N–H and O–H groups in total. The van der Waals surface area contributed by atoms with Crippen molar-refractivity contribution < 1.29 is 0 Å². The van der Waals surface area contributed by atoms with Gasteiger partial charge in [-0.1, -0.05) is 27.6 Å². The molecule has 3 rings (SSSR count). The van der Waals surface area contributed by atoms with E-state index in [1.807, 2.05) is 18.2 Å². The van der Waals surface area contributed by atoms with Gasteiger partial charge < -0.3 is 4.98 Å². The first-order valence-electron chi connectivity index (χ1n) is 7.25. The zero-order chi connectivity index (χ0) is 14.8. The van der Waals surface area contributed by atoms with E-state index in [4.69, 9.17) is 12.2 Å². The third-order valence-electron chi connectivity index (χ3n) is 3.99. The molecule has 1 aliphatic rings. The van der Waals surface area contributed by atoms with Crippen LogP contribution in [0.4, 0.5) is 0 Å². The van der Waals surface area contributed by atoms with E-state index in [2.05, 4.69) is 27.0 Å². The van der Waals surface area contributed by atoms with Gasteiger partial charge in [-0.25, -0.2) is 0 Å². The van der Waals surface area contributed by atoms with Crippen molar-refractivity contribution in [1.82, 2.24) is 9.55 Å². The number of nitrogens with one attached hydrogen (secondary N) is 1. The molecular formula is C16H17BrN2OS. The highest BCUT2D eigenvalue weighted by Crippen LogP contribution is 2.21. The summed E-state index contributed by atoms with van der Waals surface area (Å²) in [5, 5.41) is 0.676. The van der Waals surface area contributed by atoms with Crippen molar-refractivity contribution in [2.24, 2.45) is 0 Å². The van der Waals surface area contributed by atoms with E-state index in [9.17, 15) is 4.79 Å². The lowest BCUT2D eigenvalue weighted by Gasteiger charge is -2.14. The van der Waals surface area contributed by atoms with Crippen LogP contribution in [0.25, 0.3) is 10.9 Å². The SMILES string of the molecule is O=c1c2cc(Br)ccc2[nH]c(=S)n1CCC1=CCCCC1. The molecule has 0 bridgehead atoms. The van der Waals surface area contributed by atoms with Crippen LogP contribution in [-0.2, 0) is 6.54 Å². The van der Waals surface area contributed by atoms with Gasteiger partial charge >= 0.3 is 0 Å². The first kappa shape index (κ1) is 14.7. The fourth-order valence-electron chi connectivity index (χ4n) is 2.81. The van der Waals surface area contributed by atoms with Crippen molar-refractivity contribution in [2.45, 2.75) is 38.6 Å². The molecule has 1 aliphatic carbocycles. The van der Waals surface area contributed by atoms with Gasteiger partial charge in [0.25, 0.3) is 5.56 Å². The van der Waals surface area contributed by atoms with Crippen LogP contribution >= 0.6 is 28.1 Å². The Bertz CT molecular complexity index is 819. The van der Waals surface area contributed by atoms with Gasteiger partial charge in [-0.15, -0.1) is 0 Å². The second-order valence-corrected chi connectivity index (χ2v) is 6.74. The quantitative estimate of drug-likeness (QED) is 0.632. The maximum Gasteiger partial charge on any atom is 0.262 e. The normalized spacial score (nSPS) is 15.2. The Kier molecular flexibility index (Phi) is 4.40. The minimum atomic E-state index is -0.00791. The maximum absolute atomic E-state index is 12.6. The summed E-state index contributed by atoms with van der Waals surface area (Å²) in [5.41, 5.74) is 2.24. The highest BCUT2D eigenvalue weighted by Gasteiger charge is 2.08. The largest absolute Gasteiger partial charge is 0.332 e. The number of aromatic amines is 1. The van der Waals surface area contributed by atoms with Crippen molar-refractivity contribution in [3.63, 3.8) is 0 Å². The average molecular weight is 365 g/mol. The average Bonchev–Trinajstić information content (AvgIpc) is 2.49. The number of fused-ring (bicyclic) bond motifs is 1. The molecule has 0 radical (unpaired) electrons. The van der Waals surface area contributed by atoms with Crippen molar-refractivity contribution in [3.8, 4) is 0 Å². The van der Waals surface area contributed by atoms with Gasteiger partial charge in [0.15, 0.2) is 4.77 Å². The van der Waals surface area contributed by atoms with Crippen molar-refractivity contribution >= 4 is 39.1 Å². The summed E-state index contributed by atoms with van der Waals surface area (Å²) < 4.78 is 3.09. The van der Waals surface area contributed by atoms with Crippen LogP contribution in [0.15, 0.2) is 39.1 Å². The third-order valence-corrected chi connectivity index (χ3v) is 4.80. The van der Waals surface area contributed by atoms with E-state index >= 15 is 0 Å². The smallest absolute Gasteiger partial charge is 0.262 e. The fourth-order valence-corrected chi connectivity index (χ4v) is 3.46. The fraction of sp³-hybridized carbons (Fsp3) is 0.375. The molecule has 5 heteroatoms. The molecule has 0 aliphatic heterocycles. The van der Waals surface area contributed by atoms with Crippen molar-refractivity contribution in [2.75, 3.05) is 0 Å². The molecule has 1 heterocycles. The summed E-state index contributed by atoms with van der Waals surface area (Å²) >= 11 is 8.76. The second kappa shape index (κ2) is 6.28. The van der Waals surface area contributed by atoms with Crippen LogP contribution in [0.5, 0.6) is 0 Å². The molecule has 0 atom stereocenters. The lowest BCUT2D eigenvalue weighted by atomic mass is 9.97. The van der Waals surface area contributed by atoms with E-state index in [1.54, 1.807) is 4.57 Å². The lowest BCUT2D eigenvalue weighted by molar-refractivity contribution is 0.605. The summed E-state index contributed by atoms with van der Waals surface area (Å²) in [6, 6.07) is 5.63. The first-order valence-corrected chi connectivity index (χ1v) is 8.45. The minimum Gasteiger partial charge on any atom is -0.332 e. The molecule has 0 fully saturated rings. The number of H-pyrrole nitrogens is 1. The minimum absolute atomic E-state index is 0.00791. The monoisotopic (exact) mass is 364 g/mol. The highest BCUT2D eigenvalue weighted by atomic mass is 79.9. The number of nitrogens with zero attached hydrogens (tertiary/aromatic N) is 1. The Labute approximate surface area is 136 Å². The molecular weight excluding hydrogens is 348 g/mol. The Morgan fingerprint density at radius 2 is 2.19 bits per heavy atom. The van der Waals surface area contributed by atoms with Crippen LogP contribution < -0.4 is 5.56 Å². The molecule has 0 saturated carbocycles. The second-order valence-electron chi connectivity index (χ2n) is 5.44. The predicted molar refractivity (Wildman–Crippen MR) is 92.3 cm³/mol. The summed E-state index contributed by atoms with van der Waals surface area (Å²) in [6.07, 6.45) is 8.10. The van der Waals surface area contributed by atoms with Gasteiger partial charge in [0, 0.05) is 11.0 Å². The third kappa shape index (κ3) is 3.19. The summed E-state index contributed by atoms with van der Waals surface area (Å²) in [4.78, 5) is 15.8. The number of benzene rings is 1. The molecule has 21 heavy (non-hydrogen) atoms. The Morgan fingerprint density at radius 3 is 2.95 bits per heavy atom. The van der Waals surface area contributed by atoms with Crippen LogP contribution in [0.1, 0.15) is 32.1 Å². The highest BCUT2D eigenvalue weighted by molar-refractivity contribution is 9.10. The zero-order valence-corrected chi connectivity index (χ0v) is 14.1. The first-order chi connectivity index (χ1) is 10.1. The van der Waals surface area contributed by atoms with Gasteiger partial charge in [-0.3, -0.25) is 9.36 Å². The summed E-state index contributed by atoms with van der Waals surface area (Å²) in [5.74, 6) is 0. The van der Waals surface area contributed by atoms with Crippen LogP contribution in [-0.4, -0.2) is 9.55 Å². The Hall–Kier alpha value is -1.20. The topological polar surface area (TPSA) is 37.8 Å². The standard InChI is InChI=1S/C16H17BrN2OS/c17-12-6-7-14-13(10-12)15(20)19(16(21)18-14)9-8-11-4-2-1-3-5-11/h4,6-7,10H,1-3,5,8-9H2,(H,18,21). The van der Waals surface area contributed by atoms with Gasteiger partial charge in [0.1, 0.15) is 0 Å². The Morgan fingerprint density at radius 1 is 1.33 bits per heavy atom. The van der Waals surface area contributed by atoms with E-state index in [-0.39, 0.29) is 5.56 Å². The molecule has 110 valence electrons. The number of hydrogen-bond acceptors (Lipinski definition) is 2. The predicted octanol–water partition coefficient (Wildman–Crippen LogP) is 4.71. The van der Waals surface area contributed by atoms with Crippen molar-refractivity contribution in [1.29, 1.82) is 0 Å². The summed E-state index contributed by atoms with van der Waals surface area (Å²) in [6.45, 7) is 0.655. The molecule has 1 aromatic carbocycles.